The molecule has 2 fully saturated rings. The predicted molar refractivity (Wildman–Crippen MR) is 104 cm³/mol. The van der Waals surface area contributed by atoms with Crippen LogP contribution in [-0.4, -0.2) is 42.5 Å². The van der Waals surface area contributed by atoms with E-state index in [2.05, 4.69) is 19.7 Å². The van der Waals surface area contributed by atoms with Gasteiger partial charge in [-0.05, 0) is 19.4 Å². The average molecular weight is 402 g/mol. The molecule has 1 aliphatic heterocycles. The molecule has 0 N–H and O–H groups in total. The second-order valence-corrected chi connectivity index (χ2v) is 7.53. The van der Waals surface area contributed by atoms with E-state index in [4.69, 9.17) is 14.2 Å². The van der Waals surface area contributed by atoms with Crippen molar-refractivity contribution in [2.75, 3.05) is 0 Å². The number of hydrogen-bond donors (Lipinski definition) is 0. The largest absolute Gasteiger partial charge is 0.461 e. The molecule has 2 rings (SSSR count). The molecule has 6 atom stereocenters. The zero-order valence-electron chi connectivity index (χ0n) is 17.1. The van der Waals surface area contributed by atoms with Crippen molar-refractivity contribution in [3.8, 4) is 0 Å². The van der Waals surface area contributed by atoms with E-state index in [1.165, 1.54) is 13.0 Å². The minimum Gasteiger partial charge on any atom is -0.461 e. The summed E-state index contributed by atoms with van der Waals surface area (Å²) in [6.07, 6.45) is 0.749. The average Bonchev–Trinajstić information content (AvgIpc) is 2.97. The third-order valence-corrected chi connectivity index (χ3v) is 5.81. The molecule has 29 heavy (non-hydrogen) atoms. The topological polar surface area (TPSA) is 96.0 Å². The van der Waals surface area contributed by atoms with Gasteiger partial charge in [-0.25, -0.2) is 9.59 Å². The van der Waals surface area contributed by atoms with Crippen LogP contribution in [0.1, 0.15) is 27.7 Å². The van der Waals surface area contributed by atoms with Crippen molar-refractivity contribution < 1.29 is 33.4 Å². The van der Waals surface area contributed by atoms with E-state index in [0.717, 1.165) is 0 Å². The molecule has 0 radical (unpaired) electrons. The molecule has 2 aliphatic rings. The molecule has 0 spiro atoms. The Kier molecular flexibility index (Phi) is 6.30. The molecule has 0 aromatic rings. The van der Waals surface area contributed by atoms with Crippen molar-refractivity contribution in [1.29, 1.82) is 0 Å². The van der Waals surface area contributed by atoms with Gasteiger partial charge in [0.05, 0.1) is 5.92 Å². The van der Waals surface area contributed by atoms with Gasteiger partial charge in [0.15, 0.2) is 6.10 Å². The summed E-state index contributed by atoms with van der Waals surface area (Å²) >= 11 is 0. The number of carbonyl (C=O) groups excluding carboxylic acids is 4. The summed E-state index contributed by atoms with van der Waals surface area (Å²) in [4.78, 5) is 48.3. The van der Waals surface area contributed by atoms with Crippen LogP contribution in [0.15, 0.2) is 48.6 Å². The van der Waals surface area contributed by atoms with Gasteiger partial charge in [0.2, 0.25) is 0 Å². The number of hydrogen-bond acceptors (Lipinski definition) is 7. The maximum Gasteiger partial charge on any atom is 0.334 e. The molecule has 1 aliphatic carbocycles. The third kappa shape index (κ3) is 3.69. The fourth-order valence-corrected chi connectivity index (χ4v) is 4.11. The molecule has 1 heterocycles. The third-order valence-electron chi connectivity index (χ3n) is 5.81. The number of ether oxygens (including phenoxy) is 3. The SMILES string of the molecule is C=CC1(C)C(OC(=O)C(C)=CC)C2OC(=O)C(=C)C2C(OC(C)=O)C1C(=C)C=O. The summed E-state index contributed by atoms with van der Waals surface area (Å²) in [5.74, 6) is -3.48. The van der Waals surface area contributed by atoms with Crippen LogP contribution < -0.4 is 0 Å². The Morgan fingerprint density at radius 1 is 1.24 bits per heavy atom. The van der Waals surface area contributed by atoms with E-state index in [1.807, 2.05) is 0 Å². The Labute approximate surface area is 170 Å². The molecule has 0 aromatic heterocycles. The van der Waals surface area contributed by atoms with Crippen LogP contribution in [0.3, 0.4) is 0 Å². The highest BCUT2D eigenvalue weighted by Gasteiger charge is 2.64. The van der Waals surface area contributed by atoms with Gasteiger partial charge in [-0.3, -0.25) is 9.59 Å². The molecule has 6 unspecified atom stereocenters. The van der Waals surface area contributed by atoms with Crippen LogP contribution in [0.25, 0.3) is 0 Å². The Hall–Kier alpha value is -2.96. The number of allylic oxidation sites excluding steroid dienone is 1. The Morgan fingerprint density at radius 2 is 1.86 bits per heavy atom. The lowest BCUT2D eigenvalue weighted by atomic mass is 9.57. The molecular weight excluding hydrogens is 376 g/mol. The Balaban J connectivity index is 2.68. The van der Waals surface area contributed by atoms with E-state index in [0.29, 0.717) is 11.9 Å². The molecule has 1 saturated carbocycles. The van der Waals surface area contributed by atoms with Crippen molar-refractivity contribution in [1.82, 2.24) is 0 Å². The molecule has 0 bridgehead atoms. The first kappa shape index (κ1) is 22.3. The first-order chi connectivity index (χ1) is 13.5. The summed E-state index contributed by atoms with van der Waals surface area (Å²) in [6, 6.07) is 0. The number of aldehydes is 1. The quantitative estimate of drug-likeness (QED) is 0.221. The first-order valence-electron chi connectivity index (χ1n) is 9.21. The first-order valence-corrected chi connectivity index (χ1v) is 9.21. The molecular formula is C22H26O7. The molecule has 0 amide bonds. The van der Waals surface area contributed by atoms with E-state index < -0.39 is 53.5 Å². The molecule has 156 valence electrons. The van der Waals surface area contributed by atoms with Crippen molar-refractivity contribution in [3.63, 3.8) is 0 Å². The number of fused-ring (bicyclic) bond motifs is 1. The molecule has 1 saturated heterocycles. The second-order valence-electron chi connectivity index (χ2n) is 7.53. The fraction of sp³-hybridized carbons (Fsp3) is 0.455. The van der Waals surface area contributed by atoms with Crippen LogP contribution >= 0.6 is 0 Å². The monoisotopic (exact) mass is 402 g/mol. The van der Waals surface area contributed by atoms with Crippen LogP contribution in [0.5, 0.6) is 0 Å². The highest BCUT2D eigenvalue weighted by Crippen LogP contribution is 2.54. The van der Waals surface area contributed by atoms with Crippen molar-refractivity contribution in [3.05, 3.63) is 48.6 Å². The number of esters is 3. The Morgan fingerprint density at radius 3 is 2.34 bits per heavy atom. The van der Waals surface area contributed by atoms with E-state index in [9.17, 15) is 19.2 Å². The lowest BCUT2D eigenvalue weighted by Gasteiger charge is -2.52. The van der Waals surface area contributed by atoms with Gasteiger partial charge in [-0.1, -0.05) is 32.2 Å². The minimum absolute atomic E-state index is 0.0832. The highest BCUT2D eigenvalue weighted by molar-refractivity contribution is 5.92. The smallest absolute Gasteiger partial charge is 0.334 e. The van der Waals surface area contributed by atoms with E-state index >= 15 is 0 Å². The number of carbonyl (C=O) groups is 4. The molecule has 7 nitrogen and oxygen atoms in total. The summed E-state index contributed by atoms with van der Waals surface area (Å²) in [7, 11) is 0. The maximum absolute atomic E-state index is 12.5. The van der Waals surface area contributed by atoms with E-state index in [-0.39, 0.29) is 11.1 Å². The maximum atomic E-state index is 12.5. The van der Waals surface area contributed by atoms with Gasteiger partial charge in [0.25, 0.3) is 0 Å². The summed E-state index contributed by atoms with van der Waals surface area (Å²) in [5, 5.41) is 0. The van der Waals surface area contributed by atoms with Gasteiger partial charge in [-0.2, -0.15) is 0 Å². The van der Waals surface area contributed by atoms with Gasteiger partial charge >= 0.3 is 17.9 Å². The molecule has 0 aromatic carbocycles. The summed E-state index contributed by atoms with van der Waals surface area (Å²) in [5.41, 5.74) is -0.551. The van der Waals surface area contributed by atoms with E-state index in [1.54, 1.807) is 26.8 Å². The lowest BCUT2D eigenvalue weighted by Crippen LogP contribution is -2.61. The van der Waals surface area contributed by atoms with Gasteiger partial charge in [-0.15, -0.1) is 6.58 Å². The van der Waals surface area contributed by atoms with Gasteiger partial charge in [0, 0.05) is 29.4 Å². The lowest BCUT2D eigenvalue weighted by molar-refractivity contribution is -0.197. The minimum atomic E-state index is -1.12. The summed E-state index contributed by atoms with van der Waals surface area (Å²) < 4.78 is 16.8. The standard InChI is InChI=1S/C22H26O7/c1-8-11(3)20(25)29-19-18-15(13(5)21(26)28-18)17(27-14(6)24)16(12(4)10-23)22(19,7)9-2/h8-10,15-19H,2,4-5H2,1,3,6-7H3. The van der Waals surface area contributed by atoms with Crippen LogP contribution in [0.2, 0.25) is 0 Å². The van der Waals surface area contributed by atoms with Crippen LogP contribution in [-0.2, 0) is 33.4 Å². The zero-order valence-corrected chi connectivity index (χ0v) is 17.1. The number of rotatable bonds is 6. The van der Waals surface area contributed by atoms with Gasteiger partial charge < -0.3 is 14.2 Å². The van der Waals surface area contributed by atoms with Crippen LogP contribution in [0, 0.1) is 17.3 Å². The highest BCUT2D eigenvalue weighted by atomic mass is 16.6. The van der Waals surface area contributed by atoms with Crippen LogP contribution in [0.4, 0.5) is 0 Å². The predicted octanol–water partition coefficient (Wildman–Crippen LogP) is 2.47. The summed E-state index contributed by atoms with van der Waals surface area (Å²) in [6.45, 7) is 17.6. The second kappa shape index (κ2) is 8.19. The Bertz CT molecular complexity index is 821. The van der Waals surface area contributed by atoms with Crippen molar-refractivity contribution >= 4 is 24.2 Å². The normalized spacial score (nSPS) is 33.9. The molecule has 7 heteroatoms. The van der Waals surface area contributed by atoms with Crippen molar-refractivity contribution in [2.24, 2.45) is 17.3 Å². The van der Waals surface area contributed by atoms with Crippen molar-refractivity contribution in [2.45, 2.75) is 46.0 Å². The zero-order chi connectivity index (χ0) is 22.1. The van der Waals surface area contributed by atoms with Gasteiger partial charge in [0.1, 0.15) is 18.5 Å². The fourth-order valence-electron chi connectivity index (χ4n) is 4.11.